The largest absolute Gasteiger partial charge is 0.293 e. The second kappa shape index (κ2) is 7.54. The lowest BCUT2D eigenvalue weighted by Crippen LogP contribution is -2.03. The van der Waals surface area contributed by atoms with Crippen molar-refractivity contribution in [2.75, 3.05) is 6.54 Å². The van der Waals surface area contributed by atoms with Gasteiger partial charge in [-0.25, -0.2) is 4.39 Å². The van der Waals surface area contributed by atoms with E-state index in [9.17, 15) is 4.39 Å². The van der Waals surface area contributed by atoms with Crippen molar-refractivity contribution < 1.29 is 4.39 Å². The van der Waals surface area contributed by atoms with E-state index in [1.54, 1.807) is 18.3 Å². The standard InChI is InChI=1S/C15H19FN2/c1-4-15(12-6-8-14(16)9-7-12)13(10-17-3)11-18-5-2/h6-11,15H,3-5H2,1-2H3/b13-10+,18-11?. The minimum absolute atomic E-state index is 0.173. The number of rotatable bonds is 6. The number of aliphatic imine (C=N–C) groups is 2. The van der Waals surface area contributed by atoms with Gasteiger partial charge >= 0.3 is 0 Å². The molecule has 0 aliphatic rings. The molecule has 1 rings (SSSR count). The zero-order chi connectivity index (χ0) is 13.4. The molecule has 0 fully saturated rings. The third-order valence-electron chi connectivity index (χ3n) is 2.75. The molecule has 1 atom stereocenters. The summed E-state index contributed by atoms with van der Waals surface area (Å²) in [6.07, 6.45) is 4.45. The van der Waals surface area contributed by atoms with Crippen molar-refractivity contribution in [2.45, 2.75) is 26.2 Å². The topological polar surface area (TPSA) is 24.7 Å². The fraction of sp³-hybridized carbons (Fsp3) is 0.333. The van der Waals surface area contributed by atoms with Gasteiger partial charge in [-0.1, -0.05) is 19.1 Å². The SMILES string of the molecule is C=N/C=C(\C=NCC)C(CC)c1ccc(F)cc1. The Kier molecular flexibility index (Phi) is 5.98. The summed E-state index contributed by atoms with van der Waals surface area (Å²) in [5.41, 5.74) is 2.07. The molecule has 1 unspecified atom stereocenters. The molecule has 3 heteroatoms. The van der Waals surface area contributed by atoms with E-state index in [2.05, 4.69) is 23.6 Å². The summed E-state index contributed by atoms with van der Waals surface area (Å²) >= 11 is 0. The van der Waals surface area contributed by atoms with E-state index < -0.39 is 0 Å². The van der Waals surface area contributed by atoms with E-state index >= 15 is 0 Å². The van der Waals surface area contributed by atoms with Crippen molar-refractivity contribution in [3.63, 3.8) is 0 Å². The first kappa shape index (κ1) is 14.3. The van der Waals surface area contributed by atoms with Crippen molar-refractivity contribution in [2.24, 2.45) is 9.98 Å². The Labute approximate surface area is 108 Å². The minimum Gasteiger partial charge on any atom is -0.293 e. The predicted molar refractivity (Wildman–Crippen MR) is 76.1 cm³/mol. The molecule has 18 heavy (non-hydrogen) atoms. The van der Waals surface area contributed by atoms with Gasteiger partial charge in [0.25, 0.3) is 0 Å². The Bertz CT molecular complexity index is 432. The molecular formula is C15H19FN2. The average Bonchev–Trinajstić information content (AvgIpc) is 2.39. The van der Waals surface area contributed by atoms with Gasteiger partial charge in [-0.3, -0.25) is 9.98 Å². The minimum atomic E-state index is -0.219. The van der Waals surface area contributed by atoms with Crippen LogP contribution < -0.4 is 0 Å². The van der Waals surface area contributed by atoms with Crippen molar-refractivity contribution in [3.8, 4) is 0 Å². The second-order valence-corrected chi connectivity index (χ2v) is 3.95. The molecule has 0 N–H and O–H groups in total. The van der Waals surface area contributed by atoms with Crippen molar-refractivity contribution in [1.82, 2.24) is 0 Å². The highest BCUT2D eigenvalue weighted by Crippen LogP contribution is 2.27. The van der Waals surface area contributed by atoms with Gasteiger partial charge in [0.1, 0.15) is 5.82 Å². The molecule has 0 bridgehead atoms. The first-order valence-electron chi connectivity index (χ1n) is 6.14. The van der Waals surface area contributed by atoms with E-state index in [1.165, 1.54) is 12.1 Å². The monoisotopic (exact) mass is 246 g/mol. The van der Waals surface area contributed by atoms with E-state index in [1.807, 2.05) is 13.1 Å². The molecule has 1 aromatic carbocycles. The van der Waals surface area contributed by atoms with Crippen LogP contribution >= 0.6 is 0 Å². The van der Waals surface area contributed by atoms with E-state index in [0.717, 1.165) is 24.1 Å². The molecule has 0 amide bonds. The zero-order valence-electron chi connectivity index (χ0n) is 10.9. The van der Waals surface area contributed by atoms with Crippen LogP contribution in [-0.4, -0.2) is 19.5 Å². The van der Waals surface area contributed by atoms with Crippen LogP contribution in [0.3, 0.4) is 0 Å². The van der Waals surface area contributed by atoms with Gasteiger partial charge in [0, 0.05) is 24.9 Å². The maximum Gasteiger partial charge on any atom is 0.123 e. The summed E-state index contributed by atoms with van der Waals surface area (Å²) in [4.78, 5) is 8.07. The number of nitrogens with zero attached hydrogens (tertiary/aromatic N) is 2. The van der Waals surface area contributed by atoms with E-state index in [0.29, 0.717) is 0 Å². The Balaban J connectivity index is 3.05. The lowest BCUT2D eigenvalue weighted by molar-refractivity contribution is 0.626. The molecule has 0 saturated heterocycles. The third kappa shape index (κ3) is 3.91. The normalized spacial score (nSPS) is 13.8. The quantitative estimate of drug-likeness (QED) is 0.678. The molecule has 0 heterocycles. The lowest BCUT2D eigenvalue weighted by atomic mass is 9.90. The summed E-state index contributed by atoms with van der Waals surface area (Å²) in [7, 11) is 0. The van der Waals surface area contributed by atoms with Crippen LogP contribution in [0.5, 0.6) is 0 Å². The summed E-state index contributed by atoms with van der Waals surface area (Å²) in [5, 5.41) is 0. The van der Waals surface area contributed by atoms with Crippen LogP contribution in [-0.2, 0) is 0 Å². The number of halogens is 1. The highest BCUT2D eigenvalue weighted by molar-refractivity contribution is 5.81. The first-order chi connectivity index (χ1) is 8.72. The number of allylic oxidation sites excluding steroid dienone is 1. The zero-order valence-corrected chi connectivity index (χ0v) is 10.9. The van der Waals surface area contributed by atoms with Crippen LogP contribution in [0.4, 0.5) is 4.39 Å². The van der Waals surface area contributed by atoms with Crippen LogP contribution in [0.15, 0.2) is 46.0 Å². The lowest BCUT2D eigenvalue weighted by Gasteiger charge is -2.16. The van der Waals surface area contributed by atoms with Gasteiger partial charge in [-0.2, -0.15) is 0 Å². The van der Waals surface area contributed by atoms with Crippen LogP contribution in [0, 0.1) is 5.82 Å². The van der Waals surface area contributed by atoms with E-state index in [-0.39, 0.29) is 11.7 Å². The molecule has 0 spiro atoms. The van der Waals surface area contributed by atoms with Crippen molar-refractivity contribution in [1.29, 1.82) is 0 Å². The summed E-state index contributed by atoms with van der Waals surface area (Å²) < 4.78 is 12.9. The summed E-state index contributed by atoms with van der Waals surface area (Å²) in [6.45, 7) is 8.28. The molecule has 0 saturated carbocycles. The Morgan fingerprint density at radius 2 is 2.00 bits per heavy atom. The van der Waals surface area contributed by atoms with Crippen molar-refractivity contribution >= 4 is 12.9 Å². The second-order valence-electron chi connectivity index (χ2n) is 3.95. The fourth-order valence-electron chi connectivity index (χ4n) is 1.87. The summed E-state index contributed by atoms with van der Waals surface area (Å²) in [6, 6.07) is 6.57. The number of hydrogen-bond donors (Lipinski definition) is 0. The highest BCUT2D eigenvalue weighted by atomic mass is 19.1. The van der Waals surface area contributed by atoms with Crippen LogP contribution in [0.1, 0.15) is 31.7 Å². The molecule has 96 valence electrons. The maximum absolute atomic E-state index is 12.9. The van der Waals surface area contributed by atoms with Gasteiger partial charge < -0.3 is 0 Å². The van der Waals surface area contributed by atoms with Gasteiger partial charge in [-0.15, -0.1) is 0 Å². The van der Waals surface area contributed by atoms with Crippen molar-refractivity contribution in [3.05, 3.63) is 47.4 Å². The molecule has 0 aliphatic heterocycles. The molecule has 0 aliphatic carbocycles. The Morgan fingerprint density at radius 1 is 1.33 bits per heavy atom. The molecule has 1 aromatic rings. The number of hydrogen-bond acceptors (Lipinski definition) is 2. The molecular weight excluding hydrogens is 227 g/mol. The molecule has 0 aromatic heterocycles. The van der Waals surface area contributed by atoms with Crippen LogP contribution in [0.25, 0.3) is 0 Å². The third-order valence-corrected chi connectivity index (χ3v) is 2.75. The highest BCUT2D eigenvalue weighted by Gasteiger charge is 2.13. The predicted octanol–water partition coefficient (Wildman–Crippen LogP) is 3.99. The van der Waals surface area contributed by atoms with Gasteiger partial charge in [0.15, 0.2) is 0 Å². The fourth-order valence-corrected chi connectivity index (χ4v) is 1.87. The van der Waals surface area contributed by atoms with Gasteiger partial charge in [0.2, 0.25) is 0 Å². The maximum atomic E-state index is 12.9. The summed E-state index contributed by atoms with van der Waals surface area (Å²) in [5.74, 6) is -0.0467. The smallest absolute Gasteiger partial charge is 0.123 e. The Hall–Kier alpha value is -1.77. The number of benzene rings is 1. The average molecular weight is 246 g/mol. The van der Waals surface area contributed by atoms with Gasteiger partial charge in [0.05, 0.1) is 0 Å². The molecule has 2 nitrogen and oxygen atoms in total. The van der Waals surface area contributed by atoms with Gasteiger partial charge in [-0.05, 0) is 43.3 Å². The Morgan fingerprint density at radius 3 is 2.50 bits per heavy atom. The molecule has 0 radical (unpaired) electrons. The first-order valence-corrected chi connectivity index (χ1v) is 6.14. The van der Waals surface area contributed by atoms with Crippen LogP contribution in [0.2, 0.25) is 0 Å². The van der Waals surface area contributed by atoms with E-state index in [4.69, 9.17) is 0 Å².